The zero-order valence-electron chi connectivity index (χ0n) is 7.54. The first kappa shape index (κ1) is 10.8. The molecule has 1 saturated heterocycles. The number of ketones is 1. The molecular weight excluding hydrogens is 328 g/mol. The van der Waals surface area contributed by atoms with Crippen molar-refractivity contribution in [3.8, 4) is 0 Å². The number of halogens is 2. The molecule has 0 saturated carbocycles. The van der Waals surface area contributed by atoms with Crippen LogP contribution >= 0.6 is 31.9 Å². The normalized spacial score (nSPS) is 16.3. The molecule has 0 radical (unpaired) electrons. The van der Waals surface area contributed by atoms with Gasteiger partial charge in [-0.2, -0.15) is 0 Å². The van der Waals surface area contributed by atoms with Crippen molar-refractivity contribution < 1.29 is 9.59 Å². The minimum atomic E-state index is -0.180. The van der Waals surface area contributed by atoms with Crippen LogP contribution in [0.1, 0.15) is 6.42 Å². The molecule has 4 nitrogen and oxygen atoms in total. The Morgan fingerprint density at radius 1 is 1.33 bits per heavy atom. The number of amides is 1. The molecule has 1 fully saturated rings. The highest BCUT2D eigenvalue weighted by Crippen LogP contribution is 2.29. The first-order valence-corrected chi connectivity index (χ1v) is 5.79. The molecule has 0 unspecified atom stereocenters. The summed E-state index contributed by atoms with van der Waals surface area (Å²) < 4.78 is 1.33. The highest BCUT2D eigenvalue weighted by atomic mass is 79.9. The number of rotatable bonds is 1. The second-order valence-corrected chi connectivity index (χ2v) is 4.83. The van der Waals surface area contributed by atoms with Gasteiger partial charge in [0.1, 0.15) is 4.60 Å². The van der Waals surface area contributed by atoms with Crippen LogP contribution in [0.4, 0.5) is 5.69 Å². The van der Waals surface area contributed by atoms with Gasteiger partial charge in [0.2, 0.25) is 5.91 Å². The molecular formula is C9H6Br2N2O2. The van der Waals surface area contributed by atoms with E-state index in [1.165, 1.54) is 4.90 Å². The second kappa shape index (κ2) is 4.02. The number of carbonyl (C=O) groups excluding carboxylic acids is 2. The van der Waals surface area contributed by atoms with Crippen LogP contribution in [0.3, 0.4) is 0 Å². The molecule has 2 rings (SSSR count). The summed E-state index contributed by atoms with van der Waals surface area (Å²) >= 11 is 6.52. The minimum absolute atomic E-state index is 0.0149. The lowest BCUT2D eigenvalue weighted by atomic mass is 10.3. The van der Waals surface area contributed by atoms with Gasteiger partial charge < -0.3 is 4.90 Å². The summed E-state index contributed by atoms with van der Waals surface area (Å²) in [6.07, 6.45) is 1.61. The van der Waals surface area contributed by atoms with Gasteiger partial charge in [-0.25, -0.2) is 4.98 Å². The largest absolute Gasteiger partial charge is 0.302 e. The van der Waals surface area contributed by atoms with Gasteiger partial charge in [0.05, 0.1) is 18.7 Å². The van der Waals surface area contributed by atoms with Gasteiger partial charge >= 0.3 is 0 Å². The Hall–Kier alpha value is -0.750. The van der Waals surface area contributed by atoms with E-state index in [0.29, 0.717) is 10.3 Å². The summed E-state index contributed by atoms with van der Waals surface area (Å²) in [4.78, 5) is 28.1. The van der Waals surface area contributed by atoms with Gasteiger partial charge in [-0.3, -0.25) is 9.59 Å². The molecule has 78 valence electrons. The third-order valence-corrected chi connectivity index (χ3v) is 3.11. The molecule has 0 bridgehead atoms. The van der Waals surface area contributed by atoms with E-state index in [4.69, 9.17) is 0 Å². The van der Waals surface area contributed by atoms with Crippen LogP contribution in [0, 0.1) is 0 Å². The fourth-order valence-electron chi connectivity index (χ4n) is 1.41. The summed E-state index contributed by atoms with van der Waals surface area (Å²) in [6.45, 7) is 0.134. The number of hydrogen-bond acceptors (Lipinski definition) is 3. The Morgan fingerprint density at radius 2 is 2.07 bits per heavy atom. The quantitative estimate of drug-likeness (QED) is 0.582. The summed E-state index contributed by atoms with van der Waals surface area (Å²) in [5.74, 6) is -0.243. The van der Waals surface area contributed by atoms with E-state index in [-0.39, 0.29) is 24.7 Å². The molecule has 1 amide bonds. The van der Waals surface area contributed by atoms with E-state index in [2.05, 4.69) is 36.8 Å². The minimum Gasteiger partial charge on any atom is -0.302 e. The summed E-state index contributed by atoms with van der Waals surface area (Å²) in [6, 6.07) is 1.76. The van der Waals surface area contributed by atoms with Crippen LogP contribution in [0.2, 0.25) is 0 Å². The van der Waals surface area contributed by atoms with Gasteiger partial charge in [-0.15, -0.1) is 0 Å². The van der Waals surface area contributed by atoms with Crippen LogP contribution in [0.5, 0.6) is 0 Å². The summed E-state index contributed by atoms with van der Waals surface area (Å²) in [5.41, 5.74) is 0.625. The van der Waals surface area contributed by atoms with E-state index in [0.717, 1.165) is 4.47 Å². The standard InChI is InChI=1S/C9H6Br2N2O2/c10-5-1-7(9(11)12-3-5)13-4-6(14)2-8(13)15/h1,3H,2,4H2. The van der Waals surface area contributed by atoms with Crippen molar-refractivity contribution in [2.75, 3.05) is 11.4 Å². The third kappa shape index (κ3) is 2.10. The molecule has 0 aliphatic carbocycles. The average Bonchev–Trinajstić information content (AvgIpc) is 2.50. The topological polar surface area (TPSA) is 50.3 Å². The van der Waals surface area contributed by atoms with E-state index in [1.807, 2.05) is 0 Å². The van der Waals surface area contributed by atoms with Crippen LogP contribution in [-0.2, 0) is 9.59 Å². The van der Waals surface area contributed by atoms with Gasteiger partial charge in [0.15, 0.2) is 5.78 Å². The predicted octanol–water partition coefficient (Wildman–Crippen LogP) is 1.91. The Bertz CT molecular complexity index is 448. The number of pyridine rings is 1. The first-order valence-electron chi connectivity index (χ1n) is 4.21. The van der Waals surface area contributed by atoms with Crippen LogP contribution < -0.4 is 4.90 Å². The molecule has 2 heterocycles. The monoisotopic (exact) mass is 332 g/mol. The number of carbonyl (C=O) groups is 2. The van der Waals surface area contributed by atoms with Crippen LogP contribution in [-0.4, -0.2) is 23.2 Å². The van der Waals surface area contributed by atoms with E-state index < -0.39 is 0 Å². The van der Waals surface area contributed by atoms with Crippen molar-refractivity contribution in [3.63, 3.8) is 0 Å². The van der Waals surface area contributed by atoms with Gasteiger partial charge in [-0.1, -0.05) is 0 Å². The molecule has 1 aromatic heterocycles. The smallest absolute Gasteiger partial charge is 0.235 e. The third-order valence-electron chi connectivity index (χ3n) is 2.06. The second-order valence-electron chi connectivity index (χ2n) is 3.16. The van der Waals surface area contributed by atoms with Gasteiger partial charge in [0.25, 0.3) is 0 Å². The Balaban J connectivity index is 2.41. The lowest BCUT2D eigenvalue weighted by Crippen LogP contribution is -2.25. The van der Waals surface area contributed by atoms with Crippen molar-refractivity contribution >= 4 is 49.2 Å². The number of nitrogens with zero attached hydrogens (tertiary/aromatic N) is 2. The lowest BCUT2D eigenvalue weighted by molar-refractivity contribution is -0.121. The van der Waals surface area contributed by atoms with Gasteiger partial charge in [-0.05, 0) is 37.9 Å². The highest BCUT2D eigenvalue weighted by molar-refractivity contribution is 9.11. The highest BCUT2D eigenvalue weighted by Gasteiger charge is 2.30. The van der Waals surface area contributed by atoms with Crippen molar-refractivity contribution in [2.24, 2.45) is 0 Å². The molecule has 0 aromatic carbocycles. The molecule has 0 spiro atoms. The molecule has 0 atom stereocenters. The molecule has 1 aliphatic heterocycles. The molecule has 0 N–H and O–H groups in total. The average molecular weight is 334 g/mol. The van der Waals surface area contributed by atoms with Crippen molar-refractivity contribution in [2.45, 2.75) is 6.42 Å². The van der Waals surface area contributed by atoms with E-state index in [1.54, 1.807) is 12.3 Å². The van der Waals surface area contributed by atoms with Crippen LogP contribution in [0.15, 0.2) is 21.3 Å². The number of Topliss-reactive ketones (excluding diaryl/α,β-unsaturated/α-hetero) is 1. The zero-order chi connectivity index (χ0) is 11.0. The van der Waals surface area contributed by atoms with Gasteiger partial charge in [0, 0.05) is 10.7 Å². The molecule has 6 heteroatoms. The van der Waals surface area contributed by atoms with Crippen molar-refractivity contribution in [3.05, 3.63) is 21.3 Å². The maximum Gasteiger partial charge on any atom is 0.235 e. The first-order chi connectivity index (χ1) is 7.08. The van der Waals surface area contributed by atoms with E-state index >= 15 is 0 Å². The summed E-state index contributed by atoms with van der Waals surface area (Å²) in [5, 5.41) is 0. The lowest BCUT2D eigenvalue weighted by Gasteiger charge is -2.15. The fourth-order valence-corrected chi connectivity index (χ4v) is 2.16. The SMILES string of the molecule is O=C1CC(=O)N(c2cc(Br)cnc2Br)C1. The number of aromatic nitrogens is 1. The molecule has 1 aliphatic rings. The maximum absolute atomic E-state index is 11.5. The van der Waals surface area contributed by atoms with Crippen molar-refractivity contribution in [1.82, 2.24) is 4.98 Å². The number of anilines is 1. The molecule has 15 heavy (non-hydrogen) atoms. The Morgan fingerprint density at radius 3 is 2.67 bits per heavy atom. The predicted molar refractivity (Wildman–Crippen MR) is 61.6 cm³/mol. The fraction of sp³-hybridized carbons (Fsp3) is 0.222. The molecule has 1 aromatic rings. The summed E-state index contributed by atoms with van der Waals surface area (Å²) in [7, 11) is 0. The van der Waals surface area contributed by atoms with E-state index in [9.17, 15) is 9.59 Å². The zero-order valence-corrected chi connectivity index (χ0v) is 10.7. The van der Waals surface area contributed by atoms with Crippen molar-refractivity contribution in [1.29, 1.82) is 0 Å². The Kier molecular flexibility index (Phi) is 2.88. The maximum atomic E-state index is 11.5. The Labute approximate surface area is 103 Å². The number of hydrogen-bond donors (Lipinski definition) is 0. The van der Waals surface area contributed by atoms with Crippen LogP contribution in [0.25, 0.3) is 0 Å².